The Bertz CT molecular complexity index is 1270. The second kappa shape index (κ2) is 13.6. The molecule has 1 N–H and O–H groups in total. The molecular weight excluding hydrogens is 533 g/mol. The maximum atomic E-state index is 13.6. The highest BCUT2D eigenvalue weighted by molar-refractivity contribution is 6.36. The quantitative estimate of drug-likeness (QED) is 0.245. The van der Waals surface area contributed by atoms with Crippen molar-refractivity contribution in [1.29, 1.82) is 0 Å². The van der Waals surface area contributed by atoms with Crippen LogP contribution in [0.2, 0.25) is 10.0 Å². The fourth-order valence-corrected chi connectivity index (χ4v) is 4.34. The topological polar surface area (TPSA) is 111 Å². The van der Waals surface area contributed by atoms with Gasteiger partial charge in [-0.1, -0.05) is 59.6 Å². The molecule has 1 atom stereocenters. The zero-order valence-corrected chi connectivity index (χ0v) is 22.4. The van der Waals surface area contributed by atoms with Gasteiger partial charge in [0.2, 0.25) is 11.7 Å². The molecule has 0 spiro atoms. The molecule has 0 radical (unpaired) electrons. The fourth-order valence-electron chi connectivity index (χ4n) is 3.83. The molecule has 9 nitrogen and oxygen atoms in total. The Balaban J connectivity index is 1.94. The first-order valence-electron chi connectivity index (χ1n) is 11.7. The summed E-state index contributed by atoms with van der Waals surface area (Å²) in [5.74, 6) is -0.673. The third kappa shape index (κ3) is 7.36. The number of likely N-dealkylation sites (N-methyl/N-ethyl adjacent to an activating group) is 1. The van der Waals surface area contributed by atoms with E-state index in [0.29, 0.717) is 22.2 Å². The van der Waals surface area contributed by atoms with Gasteiger partial charge in [0.25, 0.3) is 5.91 Å². The van der Waals surface area contributed by atoms with E-state index in [9.17, 15) is 19.7 Å². The lowest BCUT2D eigenvalue weighted by atomic mass is 10.0. The fraction of sp³-hybridized carbons (Fsp3) is 0.259. The van der Waals surface area contributed by atoms with Crippen molar-refractivity contribution in [3.63, 3.8) is 0 Å². The summed E-state index contributed by atoms with van der Waals surface area (Å²) in [5.41, 5.74) is 1.11. The van der Waals surface area contributed by atoms with Crippen molar-refractivity contribution in [2.24, 2.45) is 0 Å². The summed E-state index contributed by atoms with van der Waals surface area (Å²) < 4.78 is 10.7. The first-order chi connectivity index (χ1) is 18.2. The maximum absolute atomic E-state index is 13.6. The maximum Gasteiger partial charge on any atom is 0.311 e. The highest BCUT2D eigenvalue weighted by Gasteiger charge is 2.31. The molecule has 0 aliphatic heterocycles. The molecule has 0 aromatic heterocycles. The van der Waals surface area contributed by atoms with Gasteiger partial charge in [-0.3, -0.25) is 19.7 Å². The van der Waals surface area contributed by atoms with Gasteiger partial charge >= 0.3 is 5.69 Å². The number of rotatable bonds is 12. The van der Waals surface area contributed by atoms with Gasteiger partial charge in [0, 0.05) is 47.3 Å². The van der Waals surface area contributed by atoms with Gasteiger partial charge in [-0.2, -0.15) is 0 Å². The Morgan fingerprint density at radius 3 is 2.34 bits per heavy atom. The zero-order chi connectivity index (χ0) is 27.7. The summed E-state index contributed by atoms with van der Waals surface area (Å²) in [7, 11) is 1.30. The van der Waals surface area contributed by atoms with Crippen molar-refractivity contribution < 1.29 is 24.0 Å². The molecule has 0 heterocycles. The van der Waals surface area contributed by atoms with E-state index in [1.165, 1.54) is 30.2 Å². The smallest absolute Gasteiger partial charge is 0.311 e. The summed E-state index contributed by atoms with van der Waals surface area (Å²) in [6.07, 6.45) is 0.242. The van der Waals surface area contributed by atoms with E-state index in [1.807, 2.05) is 30.3 Å². The third-order valence-electron chi connectivity index (χ3n) is 5.72. The molecule has 0 fully saturated rings. The predicted molar refractivity (Wildman–Crippen MR) is 145 cm³/mol. The molecule has 0 saturated carbocycles. The van der Waals surface area contributed by atoms with Crippen LogP contribution in [0.1, 0.15) is 18.1 Å². The van der Waals surface area contributed by atoms with Gasteiger partial charge in [-0.25, -0.2) is 0 Å². The van der Waals surface area contributed by atoms with Gasteiger partial charge in [0.15, 0.2) is 6.61 Å². The second-order valence-electron chi connectivity index (χ2n) is 8.20. The van der Waals surface area contributed by atoms with E-state index in [1.54, 1.807) is 25.1 Å². The van der Waals surface area contributed by atoms with Crippen molar-refractivity contribution in [2.75, 3.05) is 20.3 Å². The highest BCUT2D eigenvalue weighted by atomic mass is 35.5. The summed E-state index contributed by atoms with van der Waals surface area (Å²) in [6.45, 7) is 1.67. The number of halogens is 2. The molecule has 0 bridgehead atoms. The van der Waals surface area contributed by atoms with Crippen molar-refractivity contribution >= 4 is 40.7 Å². The molecule has 11 heteroatoms. The number of hydrogen-bond donors (Lipinski definition) is 1. The van der Waals surface area contributed by atoms with Crippen molar-refractivity contribution in [3.05, 3.63) is 98.0 Å². The van der Waals surface area contributed by atoms with Crippen LogP contribution in [0.25, 0.3) is 0 Å². The number of carbonyl (C=O) groups is 2. The van der Waals surface area contributed by atoms with Crippen LogP contribution in [-0.4, -0.2) is 47.9 Å². The van der Waals surface area contributed by atoms with E-state index in [0.717, 1.165) is 5.56 Å². The molecule has 3 aromatic carbocycles. The number of ether oxygens (including phenoxy) is 2. The van der Waals surface area contributed by atoms with Crippen molar-refractivity contribution in [3.8, 4) is 11.5 Å². The van der Waals surface area contributed by atoms with Crippen LogP contribution in [0, 0.1) is 10.1 Å². The molecule has 0 unspecified atom stereocenters. The second-order valence-corrected chi connectivity index (χ2v) is 9.02. The summed E-state index contributed by atoms with van der Waals surface area (Å²) >= 11 is 12.8. The third-order valence-corrected chi connectivity index (χ3v) is 6.43. The predicted octanol–water partition coefficient (Wildman–Crippen LogP) is 5.07. The van der Waals surface area contributed by atoms with Gasteiger partial charge in [-0.05, 0) is 30.7 Å². The molecule has 2 amide bonds. The van der Waals surface area contributed by atoms with E-state index >= 15 is 0 Å². The molecule has 0 aliphatic rings. The molecule has 0 aliphatic carbocycles. The molecule has 3 rings (SSSR count). The Morgan fingerprint density at radius 2 is 1.74 bits per heavy atom. The molecular formula is C27H27Cl2N3O6. The number of nitro benzene ring substituents is 1. The Hall–Kier alpha value is -3.82. The standard InChI is InChI=1S/C27H27Cl2N3O6/c1-3-30-27(34)24(14-18-8-5-4-6-9-18)31(16-20-21(28)10-7-11-22(20)29)26(33)17-38-19-12-13-23(32(35)36)25(15-19)37-2/h4-13,15,24H,3,14,16-17H2,1-2H3,(H,30,34)/t24-/m1/s1. The monoisotopic (exact) mass is 559 g/mol. The van der Waals surface area contributed by atoms with Crippen LogP contribution >= 0.6 is 23.2 Å². The van der Waals surface area contributed by atoms with Crippen LogP contribution in [0.5, 0.6) is 11.5 Å². The number of hydrogen-bond acceptors (Lipinski definition) is 6. The Kier molecular flexibility index (Phi) is 10.3. The largest absolute Gasteiger partial charge is 0.490 e. The number of benzene rings is 3. The number of amides is 2. The van der Waals surface area contributed by atoms with Crippen LogP contribution < -0.4 is 14.8 Å². The lowest BCUT2D eigenvalue weighted by molar-refractivity contribution is -0.385. The molecule has 200 valence electrons. The summed E-state index contributed by atoms with van der Waals surface area (Å²) in [5, 5.41) is 14.7. The van der Waals surface area contributed by atoms with E-state index in [-0.39, 0.29) is 36.1 Å². The number of nitrogens with one attached hydrogen (secondary N) is 1. The van der Waals surface area contributed by atoms with E-state index in [2.05, 4.69) is 5.32 Å². The van der Waals surface area contributed by atoms with Crippen LogP contribution in [0.3, 0.4) is 0 Å². The average Bonchev–Trinajstić information content (AvgIpc) is 2.91. The zero-order valence-electron chi connectivity index (χ0n) is 20.9. The van der Waals surface area contributed by atoms with Gasteiger partial charge < -0.3 is 19.7 Å². The minimum Gasteiger partial charge on any atom is -0.490 e. The minimum absolute atomic E-state index is 0.0102. The SMILES string of the molecule is CCNC(=O)[C@@H](Cc1ccccc1)N(Cc1c(Cl)cccc1Cl)C(=O)COc1ccc([N+](=O)[O-])c(OC)c1. The molecule has 38 heavy (non-hydrogen) atoms. The molecule has 3 aromatic rings. The van der Waals surface area contributed by atoms with Gasteiger partial charge in [0.05, 0.1) is 12.0 Å². The lowest BCUT2D eigenvalue weighted by Crippen LogP contribution is -2.51. The van der Waals surface area contributed by atoms with Crippen LogP contribution in [0.4, 0.5) is 5.69 Å². The number of nitrogens with zero attached hydrogens (tertiary/aromatic N) is 2. The van der Waals surface area contributed by atoms with Crippen LogP contribution in [0.15, 0.2) is 66.7 Å². The number of methoxy groups -OCH3 is 1. The van der Waals surface area contributed by atoms with E-state index < -0.39 is 23.5 Å². The highest BCUT2D eigenvalue weighted by Crippen LogP contribution is 2.31. The average molecular weight is 560 g/mol. The Morgan fingerprint density at radius 1 is 1.05 bits per heavy atom. The lowest BCUT2D eigenvalue weighted by Gasteiger charge is -2.32. The number of carbonyl (C=O) groups excluding carboxylic acids is 2. The van der Waals surface area contributed by atoms with Gasteiger partial charge in [-0.15, -0.1) is 0 Å². The summed E-state index contributed by atoms with van der Waals surface area (Å²) in [6, 6.07) is 17.3. The normalized spacial score (nSPS) is 11.4. The molecule has 0 saturated heterocycles. The first kappa shape index (κ1) is 28.7. The van der Waals surface area contributed by atoms with Crippen molar-refractivity contribution in [1.82, 2.24) is 10.2 Å². The number of nitro groups is 1. The first-order valence-corrected chi connectivity index (χ1v) is 12.5. The minimum atomic E-state index is -0.896. The Labute approximate surface area is 230 Å². The van der Waals surface area contributed by atoms with Crippen molar-refractivity contribution in [2.45, 2.75) is 25.9 Å². The van der Waals surface area contributed by atoms with Crippen LogP contribution in [-0.2, 0) is 22.6 Å². The van der Waals surface area contributed by atoms with Gasteiger partial charge in [0.1, 0.15) is 11.8 Å². The summed E-state index contributed by atoms with van der Waals surface area (Å²) in [4.78, 5) is 38.8. The van der Waals surface area contributed by atoms with E-state index in [4.69, 9.17) is 32.7 Å².